The first-order valence-corrected chi connectivity index (χ1v) is 14.3. The number of benzene rings is 2. The van der Waals surface area contributed by atoms with Crippen molar-refractivity contribution in [1.82, 2.24) is 19.6 Å². The number of sulfonamides is 1. The molecule has 5 rings (SSSR count). The molecular weight excluding hydrogens is 512 g/mol. The highest BCUT2D eigenvalue weighted by molar-refractivity contribution is 7.89. The van der Waals surface area contributed by atoms with Crippen molar-refractivity contribution in [3.63, 3.8) is 0 Å². The van der Waals surface area contributed by atoms with E-state index >= 15 is 0 Å². The summed E-state index contributed by atoms with van der Waals surface area (Å²) >= 11 is 6.11. The van der Waals surface area contributed by atoms with Gasteiger partial charge >= 0.3 is 0 Å². The van der Waals surface area contributed by atoms with Gasteiger partial charge < -0.3 is 15.5 Å². The third-order valence-electron chi connectivity index (χ3n) is 6.54. The summed E-state index contributed by atoms with van der Waals surface area (Å²) in [6, 6.07) is 11.7. The average molecular weight is 541 g/mol. The summed E-state index contributed by atoms with van der Waals surface area (Å²) in [4.78, 5) is 23.9. The molecule has 37 heavy (non-hydrogen) atoms. The highest BCUT2D eigenvalue weighted by Crippen LogP contribution is 2.34. The topological polar surface area (TPSA) is 116 Å². The number of amides is 1. The van der Waals surface area contributed by atoms with Crippen LogP contribution in [0.2, 0.25) is 5.02 Å². The predicted octanol–water partition coefficient (Wildman–Crippen LogP) is 4.19. The fourth-order valence-electron chi connectivity index (χ4n) is 4.65. The number of aromatic nitrogens is 2. The van der Waals surface area contributed by atoms with Crippen LogP contribution in [0.4, 0.5) is 17.3 Å². The molecule has 0 spiro atoms. The summed E-state index contributed by atoms with van der Waals surface area (Å²) in [5, 5.41) is 6.49. The van der Waals surface area contributed by atoms with Crippen LogP contribution in [0.5, 0.6) is 0 Å². The fraction of sp³-hybridized carbons (Fsp3) is 0.346. The van der Waals surface area contributed by atoms with E-state index in [4.69, 9.17) is 11.6 Å². The van der Waals surface area contributed by atoms with Crippen LogP contribution in [0, 0.1) is 0 Å². The molecule has 0 aliphatic carbocycles. The van der Waals surface area contributed by atoms with E-state index in [1.807, 2.05) is 6.07 Å². The first-order chi connectivity index (χ1) is 17.9. The molecule has 0 bridgehead atoms. The highest BCUT2D eigenvalue weighted by atomic mass is 35.5. The maximum atomic E-state index is 12.7. The molecular formula is C26H29ClN6O3S. The number of halogens is 1. The van der Waals surface area contributed by atoms with Crippen LogP contribution in [-0.4, -0.2) is 55.4 Å². The molecule has 0 saturated carbocycles. The highest BCUT2D eigenvalue weighted by Gasteiger charge is 2.21. The minimum atomic E-state index is -3.59. The van der Waals surface area contributed by atoms with Gasteiger partial charge in [-0.15, -0.1) is 0 Å². The Bertz CT molecular complexity index is 1390. The van der Waals surface area contributed by atoms with Crippen LogP contribution >= 0.6 is 11.6 Å². The zero-order valence-electron chi connectivity index (χ0n) is 20.3. The van der Waals surface area contributed by atoms with Gasteiger partial charge in [0.15, 0.2) is 0 Å². The van der Waals surface area contributed by atoms with Crippen LogP contribution < -0.4 is 15.4 Å². The Balaban J connectivity index is 1.24. The Hall–Kier alpha value is -3.05. The molecule has 2 aliphatic heterocycles. The van der Waals surface area contributed by atoms with Gasteiger partial charge in [0.1, 0.15) is 0 Å². The maximum absolute atomic E-state index is 12.7. The molecule has 3 N–H and O–H groups in total. The van der Waals surface area contributed by atoms with Crippen LogP contribution in [-0.2, 0) is 21.2 Å². The number of hydrogen-bond donors (Lipinski definition) is 3. The SMILES string of the molecule is O=C1Cc2cnc(Nc3ccc(S(=O)(=O)NCCCN4CCCCC4)cc3)nc2-c2ccc(Cl)cc2N1. The van der Waals surface area contributed by atoms with E-state index in [-0.39, 0.29) is 17.2 Å². The normalized spacial score (nSPS) is 15.9. The van der Waals surface area contributed by atoms with Crippen LogP contribution in [0.1, 0.15) is 31.2 Å². The van der Waals surface area contributed by atoms with Crippen molar-refractivity contribution in [3.8, 4) is 11.3 Å². The maximum Gasteiger partial charge on any atom is 0.240 e. The summed E-state index contributed by atoms with van der Waals surface area (Å²) in [6.45, 7) is 3.52. The fourth-order valence-corrected chi connectivity index (χ4v) is 5.89. The molecule has 1 amide bonds. The second-order valence-electron chi connectivity index (χ2n) is 9.29. The van der Waals surface area contributed by atoms with Crippen LogP contribution in [0.25, 0.3) is 11.3 Å². The molecule has 1 saturated heterocycles. The number of nitrogens with zero attached hydrogens (tertiary/aromatic N) is 3. The lowest BCUT2D eigenvalue weighted by Gasteiger charge is -2.26. The lowest BCUT2D eigenvalue weighted by molar-refractivity contribution is -0.115. The predicted molar refractivity (Wildman–Crippen MR) is 145 cm³/mol. The Morgan fingerprint density at radius 1 is 1.05 bits per heavy atom. The van der Waals surface area contributed by atoms with Crippen LogP contribution in [0.15, 0.2) is 53.6 Å². The van der Waals surface area contributed by atoms with Crippen molar-refractivity contribution < 1.29 is 13.2 Å². The number of likely N-dealkylation sites (tertiary alicyclic amines) is 1. The lowest BCUT2D eigenvalue weighted by Crippen LogP contribution is -2.33. The van der Waals surface area contributed by atoms with Crippen molar-refractivity contribution in [2.45, 2.75) is 37.0 Å². The van der Waals surface area contributed by atoms with E-state index in [2.05, 4.69) is 30.2 Å². The van der Waals surface area contributed by atoms with Gasteiger partial charge in [-0.1, -0.05) is 18.0 Å². The molecule has 1 fully saturated rings. The van der Waals surface area contributed by atoms with Crippen molar-refractivity contribution in [3.05, 3.63) is 59.2 Å². The lowest BCUT2D eigenvalue weighted by atomic mass is 10.1. The van der Waals surface area contributed by atoms with Crippen LogP contribution in [0.3, 0.4) is 0 Å². The van der Waals surface area contributed by atoms with E-state index in [0.29, 0.717) is 40.1 Å². The second kappa shape index (κ2) is 11.1. The Morgan fingerprint density at radius 2 is 1.84 bits per heavy atom. The average Bonchev–Trinajstić information content (AvgIpc) is 3.02. The molecule has 3 aromatic rings. The van der Waals surface area contributed by atoms with Crippen molar-refractivity contribution in [1.29, 1.82) is 0 Å². The molecule has 3 heterocycles. The third kappa shape index (κ3) is 6.27. The van der Waals surface area contributed by atoms with E-state index in [9.17, 15) is 13.2 Å². The summed E-state index contributed by atoms with van der Waals surface area (Å²) in [5.41, 5.74) is 3.33. The summed E-state index contributed by atoms with van der Waals surface area (Å²) in [6.07, 6.45) is 6.29. The standard InChI is InChI=1S/C26H29ClN6O3S/c27-19-5-10-22-23(16-19)31-24(34)15-18-17-28-26(32-25(18)22)30-20-6-8-21(9-7-20)37(35,36)29-11-4-14-33-12-2-1-3-13-33/h5-10,16-17,29H,1-4,11-15H2,(H,31,34)(H,28,30,32). The van der Waals surface area contributed by atoms with E-state index in [0.717, 1.165) is 31.6 Å². The quantitative estimate of drug-likeness (QED) is 0.367. The molecule has 9 nitrogen and oxygen atoms in total. The Labute approximate surface area is 221 Å². The largest absolute Gasteiger partial charge is 0.325 e. The van der Waals surface area contributed by atoms with Crippen molar-refractivity contribution in [2.24, 2.45) is 0 Å². The molecule has 2 aromatic carbocycles. The van der Waals surface area contributed by atoms with Gasteiger partial charge in [-0.25, -0.2) is 23.1 Å². The van der Waals surface area contributed by atoms with Gasteiger partial charge in [0.05, 0.1) is 22.7 Å². The Morgan fingerprint density at radius 3 is 2.62 bits per heavy atom. The number of carbonyl (C=O) groups is 1. The van der Waals surface area contributed by atoms with Gasteiger partial charge in [-0.05, 0) is 81.4 Å². The van der Waals surface area contributed by atoms with E-state index in [1.54, 1.807) is 42.6 Å². The number of nitrogens with one attached hydrogen (secondary N) is 3. The molecule has 11 heteroatoms. The third-order valence-corrected chi connectivity index (χ3v) is 8.25. The number of fused-ring (bicyclic) bond motifs is 3. The minimum absolute atomic E-state index is 0.152. The van der Waals surface area contributed by atoms with Crippen molar-refractivity contribution in [2.75, 3.05) is 36.8 Å². The van der Waals surface area contributed by atoms with Gasteiger partial charge in [0.25, 0.3) is 0 Å². The molecule has 0 radical (unpaired) electrons. The van der Waals surface area contributed by atoms with Gasteiger partial charge in [-0.2, -0.15) is 0 Å². The molecule has 0 unspecified atom stereocenters. The van der Waals surface area contributed by atoms with Gasteiger partial charge in [-0.3, -0.25) is 4.79 Å². The van der Waals surface area contributed by atoms with Crippen molar-refractivity contribution >= 4 is 44.9 Å². The number of anilines is 3. The molecule has 1 aromatic heterocycles. The van der Waals surface area contributed by atoms with E-state index < -0.39 is 10.0 Å². The smallest absolute Gasteiger partial charge is 0.240 e. The number of rotatable bonds is 8. The summed E-state index contributed by atoms with van der Waals surface area (Å²) < 4.78 is 28.1. The summed E-state index contributed by atoms with van der Waals surface area (Å²) in [5.74, 6) is 0.170. The molecule has 194 valence electrons. The van der Waals surface area contributed by atoms with Gasteiger partial charge in [0.2, 0.25) is 21.9 Å². The Kier molecular flexibility index (Phi) is 7.71. The molecule has 0 atom stereocenters. The first kappa shape index (κ1) is 25.6. The molecule has 2 aliphatic rings. The second-order valence-corrected chi connectivity index (χ2v) is 11.5. The minimum Gasteiger partial charge on any atom is -0.325 e. The van der Waals surface area contributed by atoms with E-state index in [1.165, 1.54) is 19.3 Å². The number of piperidine rings is 1. The van der Waals surface area contributed by atoms with Gasteiger partial charge in [0, 0.05) is 34.6 Å². The monoisotopic (exact) mass is 540 g/mol. The first-order valence-electron chi connectivity index (χ1n) is 12.4. The number of hydrogen-bond acceptors (Lipinski definition) is 7. The summed E-state index contributed by atoms with van der Waals surface area (Å²) in [7, 11) is -3.59. The zero-order valence-corrected chi connectivity index (χ0v) is 21.9. The number of carbonyl (C=O) groups excluding carboxylic acids is 1. The zero-order chi connectivity index (χ0) is 25.8.